The Hall–Kier alpha value is -2.06. The Kier molecular flexibility index (Phi) is 4.54. The van der Waals surface area contributed by atoms with Crippen molar-refractivity contribution in [3.8, 4) is 0 Å². The monoisotopic (exact) mass is 454 g/mol. The van der Waals surface area contributed by atoms with Gasteiger partial charge in [0.2, 0.25) is 6.29 Å². The minimum absolute atomic E-state index is 0.00437. The van der Waals surface area contributed by atoms with E-state index in [0.717, 1.165) is 18.4 Å². The summed E-state index contributed by atoms with van der Waals surface area (Å²) < 4.78 is 18.2. The fourth-order valence-electron chi connectivity index (χ4n) is 8.24. The van der Waals surface area contributed by atoms with Gasteiger partial charge in [-0.3, -0.25) is 9.59 Å². The average Bonchev–Trinajstić information content (AvgIpc) is 3.48. The molecule has 2 heterocycles. The Bertz CT molecular complexity index is 1060. The van der Waals surface area contributed by atoms with E-state index in [1.807, 2.05) is 13.0 Å². The molecule has 6 rings (SSSR count). The van der Waals surface area contributed by atoms with Gasteiger partial charge >= 0.3 is 0 Å². The number of ether oxygens (including phenoxy) is 2. The molecule has 1 aliphatic heterocycles. The van der Waals surface area contributed by atoms with Crippen molar-refractivity contribution in [2.24, 2.45) is 28.6 Å². The van der Waals surface area contributed by atoms with Crippen molar-refractivity contribution in [1.29, 1.82) is 0 Å². The van der Waals surface area contributed by atoms with Crippen LogP contribution in [0, 0.1) is 28.6 Å². The fourth-order valence-corrected chi connectivity index (χ4v) is 8.24. The van der Waals surface area contributed by atoms with Crippen LogP contribution in [0.15, 0.2) is 46.6 Å². The molecule has 7 heteroatoms. The third kappa shape index (κ3) is 2.59. The molecule has 5 aliphatic rings. The first-order valence-corrected chi connectivity index (χ1v) is 11.9. The van der Waals surface area contributed by atoms with Gasteiger partial charge in [-0.2, -0.15) is 0 Å². The van der Waals surface area contributed by atoms with E-state index in [4.69, 9.17) is 13.9 Å². The zero-order chi connectivity index (χ0) is 23.2. The largest absolute Gasteiger partial charge is 0.464 e. The summed E-state index contributed by atoms with van der Waals surface area (Å²) in [7, 11) is 0. The second-order valence-electron chi connectivity index (χ2n) is 10.9. The number of furan rings is 1. The topological polar surface area (TPSA) is 106 Å². The number of carbonyl (C=O) groups excluding carboxylic acids is 2. The van der Waals surface area contributed by atoms with Gasteiger partial charge < -0.3 is 24.1 Å². The minimum Gasteiger partial charge on any atom is -0.464 e. The van der Waals surface area contributed by atoms with Gasteiger partial charge in [-0.1, -0.05) is 25.5 Å². The van der Waals surface area contributed by atoms with Gasteiger partial charge in [0.05, 0.1) is 18.5 Å². The molecule has 0 spiro atoms. The molecule has 2 N–H and O–H groups in total. The number of hydrogen-bond acceptors (Lipinski definition) is 7. The Balaban J connectivity index is 1.41. The van der Waals surface area contributed by atoms with Gasteiger partial charge in [-0.15, -0.1) is 0 Å². The Morgan fingerprint density at radius 1 is 1.30 bits per heavy atom. The summed E-state index contributed by atoms with van der Waals surface area (Å²) in [5, 5.41) is 21.5. The number of ketones is 2. The van der Waals surface area contributed by atoms with Gasteiger partial charge in [0.1, 0.15) is 6.61 Å². The van der Waals surface area contributed by atoms with E-state index in [-0.39, 0.29) is 29.0 Å². The SMILES string of the molecule is C[C@]12C=CC(=O)C=C1CCC1C2C(O)C[C@@]2(C)C1C[C@H]1OC(c3ccco3)O[C@]12C(=O)CO. The summed E-state index contributed by atoms with van der Waals surface area (Å²) in [6, 6.07) is 3.49. The Morgan fingerprint density at radius 2 is 2.12 bits per heavy atom. The number of hydrogen-bond donors (Lipinski definition) is 2. The molecule has 5 unspecified atom stereocenters. The minimum atomic E-state index is -1.34. The number of allylic oxidation sites excluding steroid dienone is 4. The zero-order valence-corrected chi connectivity index (χ0v) is 18.9. The Morgan fingerprint density at radius 3 is 2.85 bits per heavy atom. The van der Waals surface area contributed by atoms with E-state index in [9.17, 15) is 19.8 Å². The quantitative estimate of drug-likeness (QED) is 0.723. The van der Waals surface area contributed by atoms with Crippen molar-refractivity contribution in [3.63, 3.8) is 0 Å². The van der Waals surface area contributed by atoms with Crippen LogP contribution in [0.3, 0.4) is 0 Å². The third-order valence-corrected chi connectivity index (χ3v) is 9.57. The van der Waals surface area contributed by atoms with Crippen molar-refractivity contribution in [2.45, 2.75) is 63.6 Å². The Labute approximate surface area is 192 Å². The molecular weight excluding hydrogens is 424 g/mol. The second kappa shape index (κ2) is 6.98. The maximum Gasteiger partial charge on any atom is 0.218 e. The highest BCUT2D eigenvalue weighted by Crippen LogP contribution is 2.70. The van der Waals surface area contributed by atoms with E-state index in [1.54, 1.807) is 24.3 Å². The van der Waals surface area contributed by atoms with Gasteiger partial charge in [0.25, 0.3) is 0 Å². The standard InChI is InChI=1S/C26H30O7/c1-24-8-7-15(28)10-14(24)5-6-16-17-11-21-26(20(30)13-27,25(17,2)12-18(29)22(16)24)33-23(32-21)19-4-3-9-31-19/h3-4,7-10,16-18,21-23,27,29H,5-6,11-13H2,1-2H3/t16?,17?,18?,21-,22?,23?,24+,25+,26-/m1/s1. The van der Waals surface area contributed by atoms with Gasteiger partial charge in [-0.25, -0.2) is 0 Å². The number of Topliss-reactive ketones (excluding diaryl/α,β-unsaturated/α-hetero) is 1. The van der Waals surface area contributed by atoms with Crippen LogP contribution in [0.2, 0.25) is 0 Å². The molecule has 1 aromatic heterocycles. The first-order valence-electron chi connectivity index (χ1n) is 11.9. The molecule has 33 heavy (non-hydrogen) atoms. The molecule has 0 aromatic carbocycles. The molecule has 4 aliphatic carbocycles. The highest BCUT2D eigenvalue weighted by atomic mass is 16.8. The first kappa shape index (κ1) is 21.5. The van der Waals surface area contributed by atoms with E-state index in [0.29, 0.717) is 18.6 Å². The van der Waals surface area contributed by atoms with Crippen LogP contribution in [0.25, 0.3) is 0 Å². The van der Waals surface area contributed by atoms with Crippen LogP contribution in [0.1, 0.15) is 51.6 Å². The molecule has 1 saturated heterocycles. The van der Waals surface area contributed by atoms with Crippen LogP contribution in [-0.2, 0) is 19.1 Å². The molecule has 9 atom stereocenters. The average molecular weight is 455 g/mol. The van der Waals surface area contributed by atoms with Crippen LogP contribution in [-0.4, -0.2) is 46.2 Å². The van der Waals surface area contributed by atoms with Crippen LogP contribution in [0.4, 0.5) is 0 Å². The lowest BCUT2D eigenvalue weighted by atomic mass is 9.46. The van der Waals surface area contributed by atoms with Crippen LogP contribution < -0.4 is 0 Å². The van der Waals surface area contributed by atoms with Crippen molar-refractivity contribution in [1.82, 2.24) is 0 Å². The summed E-state index contributed by atoms with van der Waals surface area (Å²) in [6.07, 6.45) is 7.42. The number of aliphatic hydroxyl groups excluding tert-OH is 2. The molecule has 0 radical (unpaired) electrons. The number of rotatable bonds is 3. The molecule has 0 amide bonds. The summed E-state index contributed by atoms with van der Waals surface area (Å²) in [5.41, 5.74) is -1.35. The lowest BCUT2D eigenvalue weighted by Gasteiger charge is -2.59. The predicted octanol–water partition coefficient (Wildman–Crippen LogP) is 2.88. The van der Waals surface area contributed by atoms with E-state index < -0.39 is 41.9 Å². The van der Waals surface area contributed by atoms with Gasteiger partial charge in [0.15, 0.2) is 22.9 Å². The fraction of sp³-hybridized carbons (Fsp3) is 0.615. The highest BCUT2D eigenvalue weighted by Gasteiger charge is 2.76. The van der Waals surface area contributed by atoms with Gasteiger partial charge in [-0.05, 0) is 61.8 Å². The van der Waals surface area contributed by atoms with Crippen molar-refractivity contribution < 1.29 is 33.7 Å². The summed E-state index contributed by atoms with van der Waals surface area (Å²) in [6.45, 7) is 3.49. The van der Waals surface area contributed by atoms with E-state index >= 15 is 0 Å². The van der Waals surface area contributed by atoms with Crippen molar-refractivity contribution in [3.05, 3.63) is 48.0 Å². The van der Waals surface area contributed by atoms with Crippen LogP contribution >= 0.6 is 0 Å². The summed E-state index contributed by atoms with van der Waals surface area (Å²) in [5.74, 6) is 0.254. The maximum atomic E-state index is 13.4. The molecule has 3 saturated carbocycles. The molecule has 176 valence electrons. The maximum absolute atomic E-state index is 13.4. The number of fused-ring (bicyclic) bond motifs is 7. The highest BCUT2D eigenvalue weighted by molar-refractivity contribution is 6.01. The summed E-state index contributed by atoms with van der Waals surface area (Å²) >= 11 is 0. The number of aliphatic hydroxyl groups is 2. The number of carbonyl (C=O) groups is 2. The normalized spacial score (nSPS) is 48.0. The van der Waals surface area contributed by atoms with Crippen LogP contribution in [0.5, 0.6) is 0 Å². The third-order valence-electron chi connectivity index (χ3n) is 9.57. The zero-order valence-electron chi connectivity index (χ0n) is 18.9. The smallest absolute Gasteiger partial charge is 0.218 e. The summed E-state index contributed by atoms with van der Waals surface area (Å²) in [4.78, 5) is 25.4. The van der Waals surface area contributed by atoms with Gasteiger partial charge in [0, 0.05) is 16.7 Å². The lowest BCUT2D eigenvalue weighted by Crippen LogP contribution is -2.63. The first-order chi connectivity index (χ1) is 15.7. The van der Waals surface area contributed by atoms with Crippen molar-refractivity contribution >= 4 is 11.6 Å². The van der Waals surface area contributed by atoms with E-state index in [2.05, 4.69) is 6.92 Å². The molecule has 1 aromatic rings. The lowest BCUT2D eigenvalue weighted by molar-refractivity contribution is -0.203. The molecule has 7 nitrogen and oxygen atoms in total. The van der Waals surface area contributed by atoms with Crippen molar-refractivity contribution in [2.75, 3.05) is 6.61 Å². The van der Waals surface area contributed by atoms with E-state index in [1.165, 1.54) is 6.26 Å². The molecular formula is C26H30O7. The second-order valence-corrected chi connectivity index (χ2v) is 10.9. The molecule has 0 bridgehead atoms. The predicted molar refractivity (Wildman–Crippen MR) is 116 cm³/mol. The molecule has 4 fully saturated rings.